The average molecular weight is 826 g/mol. The Morgan fingerprint density at radius 2 is 0.688 bits per heavy atom. The van der Waals surface area contributed by atoms with Gasteiger partial charge in [-0.05, 0) is 77.0 Å². The van der Waals surface area contributed by atoms with Gasteiger partial charge >= 0.3 is 76.8 Å². The predicted octanol–water partition coefficient (Wildman–Crippen LogP) is 4.45. The molecule has 0 unspecified atom stereocenters. The molecule has 0 spiro atoms. The number of rotatable bonds is 4. The van der Waals surface area contributed by atoms with Gasteiger partial charge in [0.25, 0.3) is 0 Å². The van der Waals surface area contributed by atoms with Crippen molar-refractivity contribution in [2.75, 3.05) is 0 Å². The maximum absolute atomic E-state index is 11.3. The zero-order chi connectivity index (χ0) is 24.4. The molecule has 4 bridgehead atoms. The van der Waals surface area contributed by atoms with Crippen LogP contribution in [-0.4, -0.2) is 34.0 Å². The number of carboxylic acid groups (broad SMARTS) is 2. The summed E-state index contributed by atoms with van der Waals surface area (Å²) in [6.45, 7) is 0. The number of nitrogens with two attached hydrogens (primary N) is 2. The molecule has 12 heteroatoms. The Hall–Kier alpha value is 0.654. The molecule has 32 heavy (non-hydrogen) atoms. The molecule has 0 aromatic carbocycles. The fraction of sp³-hybridized carbons (Fsp3) is 0.800. The maximum atomic E-state index is 11.3. The summed E-state index contributed by atoms with van der Waals surface area (Å²) in [5.74, 6) is -1.88. The second kappa shape index (κ2) is 11.1. The fourth-order valence-corrected chi connectivity index (χ4v) is 5.75. The molecule has 6 aliphatic rings. The standard InChI is InChI=1S/C10H16N2O2.C10H14O4.3HI.V/c11-7(13)9-1-2-10(5-3-9,6-4-9)8(12)14;11-7(12)9-1-2-10(5-3-9,6-4-9)8(13)14;;;;/h1-6H2,(H2,11,13)(H2,12,14);1-6H2,(H,11,12)(H,13,14);3*1H;/q;;;;;+3/p-3. The van der Waals surface area contributed by atoms with Gasteiger partial charge in [-0.1, -0.05) is 0 Å². The van der Waals surface area contributed by atoms with Crippen molar-refractivity contribution in [3.05, 3.63) is 0 Å². The van der Waals surface area contributed by atoms with E-state index in [-0.39, 0.29) is 27.6 Å². The number of amides is 2. The van der Waals surface area contributed by atoms with Crippen LogP contribution < -0.4 is 11.5 Å². The Morgan fingerprint density at radius 3 is 0.812 bits per heavy atom. The molecule has 0 aliphatic heterocycles. The van der Waals surface area contributed by atoms with Gasteiger partial charge in [0, 0.05) is 10.8 Å². The van der Waals surface area contributed by atoms with Crippen LogP contribution in [-0.2, 0) is 24.1 Å². The molecule has 0 heterocycles. The number of aliphatic carboxylic acids is 2. The van der Waals surface area contributed by atoms with E-state index in [4.69, 9.17) is 21.7 Å². The van der Waals surface area contributed by atoms with E-state index in [0.29, 0.717) is 38.5 Å². The molecule has 0 aromatic heterocycles. The van der Waals surface area contributed by atoms with Gasteiger partial charge in [0.15, 0.2) is 0 Å². The molecular weight excluding hydrogens is 796 g/mol. The number of fused-ring (bicyclic) bond motifs is 6. The summed E-state index contributed by atoms with van der Waals surface area (Å²) in [4.78, 5) is 44.5. The minimum absolute atomic E-state index is 0.199. The van der Waals surface area contributed by atoms with Crippen LogP contribution in [0.1, 0.15) is 77.0 Å². The Labute approximate surface area is 225 Å². The van der Waals surface area contributed by atoms with Crippen LogP contribution in [0.2, 0.25) is 0 Å². The molecule has 2 amide bonds. The second-order valence-electron chi connectivity index (χ2n) is 9.65. The molecule has 6 N–H and O–H groups in total. The summed E-state index contributed by atoms with van der Waals surface area (Å²) in [6, 6.07) is 0. The molecule has 8 nitrogen and oxygen atoms in total. The van der Waals surface area contributed by atoms with E-state index in [0.717, 1.165) is 38.5 Å². The van der Waals surface area contributed by atoms with Gasteiger partial charge < -0.3 is 21.7 Å². The van der Waals surface area contributed by atoms with Crippen molar-refractivity contribution in [1.82, 2.24) is 0 Å². The first-order valence-corrected chi connectivity index (χ1v) is 24.1. The van der Waals surface area contributed by atoms with E-state index in [9.17, 15) is 19.2 Å². The first-order valence-electron chi connectivity index (χ1n) is 10.6. The van der Waals surface area contributed by atoms with Crippen molar-refractivity contribution in [2.24, 2.45) is 33.1 Å². The number of carbonyl (C=O) groups excluding carboxylic acids is 2. The van der Waals surface area contributed by atoms with Crippen LogP contribution in [0.5, 0.6) is 0 Å². The molecule has 6 aliphatic carbocycles. The minimum atomic E-state index is -0.740. The second-order valence-corrected chi connectivity index (χ2v) is 45.0. The van der Waals surface area contributed by atoms with Crippen LogP contribution in [0.25, 0.3) is 0 Å². The van der Waals surface area contributed by atoms with E-state index in [1.807, 2.05) is 0 Å². The number of hydrogen-bond donors (Lipinski definition) is 4. The zero-order valence-electron chi connectivity index (χ0n) is 17.7. The Morgan fingerprint density at radius 1 is 0.531 bits per heavy atom. The number of hydrogen-bond acceptors (Lipinski definition) is 4. The fourth-order valence-electron chi connectivity index (χ4n) is 5.75. The van der Waals surface area contributed by atoms with E-state index in [2.05, 4.69) is 59.9 Å². The molecule has 0 radical (unpaired) electrons. The molecule has 0 atom stereocenters. The van der Waals surface area contributed by atoms with Crippen molar-refractivity contribution < 1.29 is 34.3 Å². The van der Waals surface area contributed by atoms with Gasteiger partial charge in [-0.3, -0.25) is 19.2 Å². The van der Waals surface area contributed by atoms with Crippen LogP contribution in [0.4, 0.5) is 0 Å². The van der Waals surface area contributed by atoms with Crippen LogP contribution in [0.3, 0.4) is 0 Å². The third-order valence-electron chi connectivity index (χ3n) is 8.45. The van der Waals surface area contributed by atoms with Crippen molar-refractivity contribution in [3.63, 3.8) is 0 Å². The normalized spacial score (nSPS) is 36.9. The summed E-state index contributed by atoms with van der Waals surface area (Å²) in [5.41, 5.74) is 8.96. The molecule has 0 saturated heterocycles. The number of carbonyl (C=O) groups is 4. The Kier molecular flexibility index (Phi) is 10.1. The first kappa shape index (κ1) is 28.9. The van der Waals surface area contributed by atoms with Crippen LogP contribution in [0, 0.1) is 21.7 Å². The van der Waals surface area contributed by atoms with Crippen molar-refractivity contribution in [1.29, 1.82) is 0 Å². The number of carboxylic acids is 2. The van der Waals surface area contributed by atoms with Crippen molar-refractivity contribution in [2.45, 2.75) is 77.0 Å². The van der Waals surface area contributed by atoms with E-state index in [1.54, 1.807) is 0 Å². The van der Waals surface area contributed by atoms with Gasteiger partial charge in [-0.25, -0.2) is 0 Å². The third kappa shape index (κ3) is 6.07. The SMILES string of the molecule is NC(=O)C12CCC(C(N)=O)(CC1)CC2.O=C(O)C12CCC(C(=O)O)(CC1)CC2.[I][V]([I])[I]. The number of halogens is 3. The first-order chi connectivity index (χ1) is 14.7. The Bertz CT molecular complexity index is 607. The third-order valence-corrected chi connectivity index (χ3v) is 8.45. The topological polar surface area (TPSA) is 161 Å². The predicted molar refractivity (Wildman–Crippen MR) is 141 cm³/mol. The van der Waals surface area contributed by atoms with Gasteiger partial charge in [0.2, 0.25) is 11.8 Å². The number of primary amides is 2. The van der Waals surface area contributed by atoms with E-state index in [1.165, 1.54) is 0 Å². The van der Waals surface area contributed by atoms with Gasteiger partial charge in [0.05, 0.1) is 10.8 Å². The Balaban J connectivity index is 0.000000195. The van der Waals surface area contributed by atoms with E-state index < -0.39 is 22.8 Å². The van der Waals surface area contributed by atoms with E-state index >= 15 is 0 Å². The van der Waals surface area contributed by atoms with Gasteiger partial charge in [0.1, 0.15) is 0 Å². The summed E-state index contributed by atoms with van der Waals surface area (Å²) in [5, 5.41) is 18.2. The monoisotopic (exact) mass is 826 g/mol. The molecular formula is C20H30I3N2O6V. The molecule has 6 fully saturated rings. The van der Waals surface area contributed by atoms with Crippen molar-refractivity contribution >= 4 is 83.7 Å². The molecule has 0 aromatic rings. The summed E-state index contributed by atoms with van der Waals surface area (Å²) in [6.07, 6.45) is 7.67. The molecule has 182 valence electrons. The zero-order valence-corrected chi connectivity index (χ0v) is 25.6. The van der Waals surface area contributed by atoms with Gasteiger partial charge in [-0.2, -0.15) is 0 Å². The van der Waals surface area contributed by atoms with Crippen LogP contribution in [0.15, 0.2) is 0 Å². The van der Waals surface area contributed by atoms with Crippen LogP contribution >= 0.6 is 59.9 Å². The van der Waals surface area contributed by atoms with Crippen molar-refractivity contribution in [3.8, 4) is 0 Å². The summed E-state index contributed by atoms with van der Waals surface area (Å²) in [7, 11) is 0. The van der Waals surface area contributed by atoms with Gasteiger partial charge in [-0.15, -0.1) is 0 Å². The summed E-state index contributed by atoms with van der Waals surface area (Å²) < 4.78 is 0. The molecule has 6 saturated carbocycles. The average Bonchev–Trinajstić information content (AvgIpc) is 2.76. The quantitative estimate of drug-likeness (QED) is 0.307. The summed E-state index contributed by atoms with van der Waals surface area (Å²) >= 11 is 7.39. The molecule has 6 rings (SSSR count).